The Labute approximate surface area is 262 Å². The summed E-state index contributed by atoms with van der Waals surface area (Å²) in [6.07, 6.45) is 2.23. The summed E-state index contributed by atoms with van der Waals surface area (Å²) in [5, 5.41) is 5.43. The van der Waals surface area contributed by atoms with E-state index in [-0.39, 0.29) is 52.4 Å². The van der Waals surface area contributed by atoms with Crippen LogP contribution in [0.2, 0.25) is 0 Å². The predicted octanol–water partition coefficient (Wildman–Crippen LogP) is 7.55. The topological polar surface area (TPSA) is 163 Å². The van der Waals surface area contributed by atoms with Crippen molar-refractivity contribution in [3.05, 3.63) is 107 Å². The van der Waals surface area contributed by atoms with Gasteiger partial charge in [-0.15, -0.1) is 81.2 Å². The van der Waals surface area contributed by atoms with Crippen molar-refractivity contribution < 1.29 is 71.6 Å². The smallest absolute Gasteiger partial charge is 0.668 e. The molecule has 0 spiro atoms. The molecule has 2 radical (unpaired) electrons. The van der Waals surface area contributed by atoms with Gasteiger partial charge in [-0.05, 0) is 40.5 Å². The minimum atomic E-state index is -0.583. The average molecular weight is 671 g/mol. The van der Waals surface area contributed by atoms with Gasteiger partial charge in [-0.3, -0.25) is 0 Å². The average Bonchev–Trinajstić information content (AvgIpc) is 3.34. The molecule has 4 aromatic carbocycles. The van der Waals surface area contributed by atoms with Gasteiger partial charge in [-0.1, -0.05) is 12.1 Å². The van der Waals surface area contributed by atoms with Crippen molar-refractivity contribution in [2.24, 2.45) is 0 Å². The Balaban J connectivity index is -0.000000571. The number of hydrogen-bond acceptors (Lipinski definition) is 4. The molecule has 4 amide bonds. The Morgan fingerprint density at radius 1 is 0.553 bits per heavy atom. The van der Waals surface area contributed by atoms with Crippen molar-refractivity contribution in [1.82, 2.24) is 0 Å². The van der Waals surface area contributed by atoms with Crippen LogP contribution in [0.4, 0.5) is 0 Å². The summed E-state index contributed by atoms with van der Waals surface area (Å²) >= 11 is 0. The third-order valence-corrected chi connectivity index (χ3v) is 4.06. The minimum Gasteiger partial charge on any atom is -0.668 e. The second kappa shape index (κ2) is 22.3. The number of nitrogens with one attached hydrogen (secondary N) is 4. The van der Waals surface area contributed by atoms with Crippen LogP contribution in [0.1, 0.15) is 38.8 Å². The zero-order chi connectivity index (χ0) is 27.7. The summed E-state index contributed by atoms with van der Waals surface area (Å²) in [5.74, 6) is -2.33. The van der Waals surface area contributed by atoms with Crippen LogP contribution in [-0.4, -0.2) is 23.6 Å². The van der Waals surface area contributed by atoms with E-state index in [1.165, 1.54) is 60.4 Å². The summed E-state index contributed by atoms with van der Waals surface area (Å²) in [4.78, 5) is 36.4. The van der Waals surface area contributed by atoms with Crippen LogP contribution in [0.25, 0.3) is 44.5 Å². The van der Waals surface area contributed by atoms with Crippen molar-refractivity contribution in [1.29, 1.82) is 0 Å². The molecule has 0 fully saturated rings. The van der Waals surface area contributed by atoms with Crippen molar-refractivity contribution in [2.75, 3.05) is 0 Å². The third kappa shape index (κ3) is 21.4. The molecular weight excluding hydrogens is 639 g/mol. The van der Waals surface area contributed by atoms with Crippen LogP contribution >= 0.6 is 0 Å². The molecule has 0 bridgehead atoms. The van der Waals surface area contributed by atoms with E-state index in [9.17, 15) is 0 Å². The second-order valence-electron chi connectivity index (χ2n) is 7.71. The van der Waals surface area contributed by atoms with Gasteiger partial charge in [0.25, 0.3) is 0 Å². The van der Waals surface area contributed by atoms with E-state index in [1.54, 1.807) is 0 Å². The number of aryl methyl sites for hydroxylation is 2. The van der Waals surface area contributed by atoms with Gasteiger partial charge in [0.1, 0.15) is 0 Å². The number of carbonyl (C=O) groups excluding carboxylic acids is 4. The molecule has 0 saturated carbocycles. The fourth-order valence-electron chi connectivity index (χ4n) is 3.01. The maximum atomic E-state index is 9.11. The molecule has 0 unspecified atom stereocenters. The van der Waals surface area contributed by atoms with Gasteiger partial charge in [0.05, 0.1) is 0 Å². The molecule has 10 heteroatoms. The third-order valence-electron chi connectivity index (χ3n) is 4.06. The fraction of sp³-hybridized carbons (Fsp3) is 0.214. The Bertz CT molecular complexity index is 1060. The summed E-state index contributed by atoms with van der Waals surface area (Å²) in [6.45, 7) is 4.78. The molecule has 0 aliphatic rings. The zero-order valence-corrected chi connectivity index (χ0v) is 26.9. The molecule has 0 saturated heterocycles. The van der Waals surface area contributed by atoms with Crippen molar-refractivity contribution >= 4 is 45.2 Å². The van der Waals surface area contributed by atoms with Gasteiger partial charge in [0.15, 0.2) is 0 Å². The van der Waals surface area contributed by atoms with Crippen LogP contribution in [0, 0.1) is 0 Å². The summed E-state index contributed by atoms with van der Waals surface area (Å²) in [5.41, 5.74) is 26.7. The molecule has 0 aliphatic carbocycles. The number of amides is 4. The molecule has 4 N–H and O–H groups in total. The number of hydrogen-bond donors (Lipinski definition) is 0. The minimum absolute atomic E-state index is 0. The molecule has 0 aliphatic heterocycles. The summed E-state index contributed by atoms with van der Waals surface area (Å²) < 4.78 is 0. The van der Waals surface area contributed by atoms with Gasteiger partial charge in [-0.2, -0.15) is 12.1 Å². The van der Waals surface area contributed by atoms with Crippen molar-refractivity contribution in [3.8, 4) is 0 Å². The first-order valence-electron chi connectivity index (χ1n) is 11.0. The normalized spacial score (nSPS) is 8.63. The Morgan fingerprint density at radius 2 is 0.789 bits per heavy atom. The number of fused-ring (bicyclic) bond motifs is 2. The Morgan fingerprint density at radius 3 is 1.03 bits per heavy atom. The largest absolute Gasteiger partial charge is 3.00 e. The molecule has 4 rings (SSSR count). The molecule has 0 aromatic heterocycles. The predicted molar refractivity (Wildman–Crippen MR) is 147 cm³/mol. The van der Waals surface area contributed by atoms with E-state index in [2.05, 4.69) is 72.8 Å². The maximum absolute atomic E-state index is 9.11. The van der Waals surface area contributed by atoms with E-state index in [0.717, 1.165) is 12.8 Å². The van der Waals surface area contributed by atoms with Crippen LogP contribution < -0.4 is 0 Å². The first-order valence-corrected chi connectivity index (χ1v) is 11.0. The first-order chi connectivity index (χ1) is 16.8. The van der Waals surface area contributed by atoms with E-state index >= 15 is 0 Å². The number of rotatable bonds is 3. The SMILES string of the molecule is CC([NH-])=O.CC([NH-])=O.CC([NH-])=O.CC([NH-])=O.[Zr+3].[Zr+3].c1ccc2[cH-]c(CCc3cc4ccccc4[cH-]3)cc2c1. The molecule has 38 heavy (non-hydrogen) atoms. The van der Waals surface area contributed by atoms with Gasteiger partial charge in [0, 0.05) is 23.6 Å². The van der Waals surface area contributed by atoms with Crippen LogP contribution in [0.3, 0.4) is 0 Å². The van der Waals surface area contributed by atoms with Crippen LogP contribution in [0.15, 0.2) is 72.8 Å². The fourth-order valence-corrected chi connectivity index (χ4v) is 3.01. The molecule has 8 nitrogen and oxygen atoms in total. The standard InChI is InChI=1S/C20H16.4C2H5NO.2Zr/c1-2-6-18-12-15(11-17(18)5-1)9-10-16-13-19-7-3-4-8-20(19)14-16;4*1-2(3)4;;/h1-8,11-14H,9-10H2;4*1H3,(H2,3,4);;/q-2;;;;;2*+3/p-4. The van der Waals surface area contributed by atoms with E-state index in [1.807, 2.05) is 0 Å². The van der Waals surface area contributed by atoms with E-state index < -0.39 is 23.6 Å². The van der Waals surface area contributed by atoms with Crippen molar-refractivity contribution in [3.63, 3.8) is 0 Å². The molecular formula is C28H32N4O4Zr2. The second-order valence-corrected chi connectivity index (χ2v) is 7.71. The molecule has 0 atom stereocenters. The maximum Gasteiger partial charge on any atom is 3.00 e. The quantitative estimate of drug-likeness (QED) is 0.206. The Hall–Kier alpha value is -2.69. The molecule has 4 aromatic rings. The van der Waals surface area contributed by atoms with Crippen LogP contribution in [-0.2, 0) is 84.4 Å². The van der Waals surface area contributed by atoms with Gasteiger partial charge < -0.3 is 42.1 Å². The monoisotopic (exact) mass is 668 g/mol. The summed E-state index contributed by atoms with van der Waals surface area (Å²) in [6, 6.07) is 26.5. The number of carbonyl (C=O) groups is 4. The van der Waals surface area contributed by atoms with Gasteiger partial charge in [-0.25, -0.2) is 0 Å². The van der Waals surface area contributed by atoms with Gasteiger partial charge >= 0.3 is 52.4 Å². The van der Waals surface area contributed by atoms with E-state index in [4.69, 9.17) is 42.1 Å². The van der Waals surface area contributed by atoms with Crippen molar-refractivity contribution in [2.45, 2.75) is 40.5 Å². The molecule has 196 valence electrons. The Kier molecular flexibility index (Phi) is 23.4. The molecule has 0 heterocycles. The van der Waals surface area contributed by atoms with Crippen LogP contribution in [0.5, 0.6) is 0 Å². The van der Waals surface area contributed by atoms with E-state index in [0.29, 0.717) is 0 Å². The number of benzene rings is 2. The first kappa shape index (κ1) is 39.8. The van der Waals surface area contributed by atoms with Gasteiger partial charge in [0.2, 0.25) is 0 Å². The summed E-state index contributed by atoms with van der Waals surface area (Å²) in [7, 11) is 0. The zero-order valence-electron chi connectivity index (χ0n) is 22.0.